The Morgan fingerprint density at radius 2 is 2.19 bits per heavy atom. The van der Waals surface area contributed by atoms with Crippen molar-refractivity contribution in [1.82, 2.24) is 20.2 Å². The van der Waals surface area contributed by atoms with Crippen LogP contribution in [0.2, 0.25) is 5.02 Å². The molecule has 0 aliphatic rings. The molecule has 0 bridgehead atoms. The third-order valence-corrected chi connectivity index (χ3v) is 2.58. The van der Waals surface area contributed by atoms with Gasteiger partial charge in [-0.2, -0.15) is 5.10 Å². The second-order valence-electron chi connectivity index (χ2n) is 3.45. The van der Waals surface area contributed by atoms with E-state index in [0.717, 1.165) is 11.0 Å². The Kier molecular flexibility index (Phi) is 1.87. The molecule has 0 radical (unpaired) electrons. The molecule has 0 spiro atoms. The first-order valence-corrected chi connectivity index (χ1v) is 5.06. The molecule has 0 unspecified atom stereocenters. The van der Waals surface area contributed by atoms with Crippen LogP contribution in [0.25, 0.3) is 22.6 Å². The number of imidazole rings is 1. The molecule has 0 saturated heterocycles. The Morgan fingerprint density at radius 1 is 1.31 bits per heavy atom. The van der Waals surface area contributed by atoms with Gasteiger partial charge in [0.2, 0.25) is 0 Å². The number of halogens is 1. The van der Waals surface area contributed by atoms with Crippen molar-refractivity contribution in [2.24, 2.45) is 0 Å². The van der Waals surface area contributed by atoms with Gasteiger partial charge in [0.25, 0.3) is 0 Å². The van der Waals surface area contributed by atoms with Gasteiger partial charge < -0.3 is 10.7 Å². The summed E-state index contributed by atoms with van der Waals surface area (Å²) in [5.74, 6) is 0.660. The second kappa shape index (κ2) is 3.24. The van der Waals surface area contributed by atoms with Gasteiger partial charge in [-0.15, -0.1) is 0 Å². The van der Waals surface area contributed by atoms with E-state index in [1.54, 1.807) is 12.3 Å². The molecule has 0 saturated carbocycles. The third-order valence-electron chi connectivity index (χ3n) is 2.35. The van der Waals surface area contributed by atoms with E-state index in [2.05, 4.69) is 20.2 Å². The zero-order valence-electron chi connectivity index (χ0n) is 8.16. The van der Waals surface area contributed by atoms with Crippen molar-refractivity contribution >= 4 is 28.3 Å². The average Bonchev–Trinajstić information content (AvgIpc) is 2.82. The Hall–Kier alpha value is -2.01. The Labute approximate surface area is 95.6 Å². The molecule has 3 rings (SSSR count). The summed E-state index contributed by atoms with van der Waals surface area (Å²) in [6.45, 7) is 0. The van der Waals surface area contributed by atoms with E-state index in [0.29, 0.717) is 22.2 Å². The van der Waals surface area contributed by atoms with Crippen molar-refractivity contribution < 1.29 is 0 Å². The van der Waals surface area contributed by atoms with Crippen molar-refractivity contribution in [2.75, 3.05) is 5.73 Å². The first-order valence-electron chi connectivity index (χ1n) is 4.68. The van der Waals surface area contributed by atoms with E-state index in [1.807, 2.05) is 12.1 Å². The number of anilines is 1. The van der Waals surface area contributed by atoms with Crippen LogP contribution in [0.15, 0.2) is 24.4 Å². The first kappa shape index (κ1) is 9.23. The van der Waals surface area contributed by atoms with Gasteiger partial charge in [-0.3, -0.25) is 5.10 Å². The molecular weight excluding hydrogens is 226 g/mol. The summed E-state index contributed by atoms with van der Waals surface area (Å²) in [7, 11) is 0. The van der Waals surface area contributed by atoms with Crippen LogP contribution in [0.3, 0.4) is 0 Å². The molecule has 16 heavy (non-hydrogen) atoms. The predicted octanol–water partition coefficient (Wildman–Crippen LogP) is 2.19. The largest absolute Gasteiger partial charge is 0.396 e. The molecule has 0 amide bonds. The van der Waals surface area contributed by atoms with Crippen LogP contribution in [0.5, 0.6) is 0 Å². The van der Waals surface area contributed by atoms with Gasteiger partial charge in [0.15, 0.2) is 5.82 Å². The summed E-state index contributed by atoms with van der Waals surface area (Å²) in [5.41, 5.74) is 8.71. The predicted molar refractivity (Wildman–Crippen MR) is 63.1 cm³/mol. The van der Waals surface area contributed by atoms with Crippen molar-refractivity contribution in [3.05, 3.63) is 29.4 Å². The highest BCUT2D eigenvalue weighted by molar-refractivity contribution is 6.31. The SMILES string of the molecule is Nc1cn[nH]c1-c1nc2ccc(Cl)cc2[nH]1. The molecule has 80 valence electrons. The Morgan fingerprint density at radius 3 is 2.94 bits per heavy atom. The van der Waals surface area contributed by atoms with Gasteiger partial charge >= 0.3 is 0 Å². The molecule has 0 fully saturated rings. The van der Waals surface area contributed by atoms with E-state index < -0.39 is 0 Å². The molecular formula is C10H8ClN5. The van der Waals surface area contributed by atoms with Gasteiger partial charge in [0.1, 0.15) is 5.69 Å². The number of nitrogens with zero attached hydrogens (tertiary/aromatic N) is 2. The fourth-order valence-corrected chi connectivity index (χ4v) is 1.76. The van der Waals surface area contributed by atoms with Crippen molar-refractivity contribution in [3.8, 4) is 11.5 Å². The minimum atomic E-state index is 0.560. The molecule has 0 aliphatic carbocycles. The van der Waals surface area contributed by atoms with Crippen LogP contribution in [-0.4, -0.2) is 20.2 Å². The van der Waals surface area contributed by atoms with Gasteiger partial charge in [-0.25, -0.2) is 4.98 Å². The minimum Gasteiger partial charge on any atom is -0.396 e. The van der Waals surface area contributed by atoms with E-state index in [-0.39, 0.29) is 0 Å². The van der Waals surface area contributed by atoms with Crippen molar-refractivity contribution in [2.45, 2.75) is 0 Å². The highest BCUT2D eigenvalue weighted by atomic mass is 35.5. The van der Waals surface area contributed by atoms with E-state index >= 15 is 0 Å². The molecule has 2 heterocycles. The number of H-pyrrole nitrogens is 2. The second-order valence-corrected chi connectivity index (χ2v) is 3.88. The number of nitrogen functional groups attached to an aromatic ring is 1. The Bertz CT molecular complexity index is 654. The Balaban J connectivity index is 2.23. The number of fused-ring (bicyclic) bond motifs is 1. The summed E-state index contributed by atoms with van der Waals surface area (Å²) >= 11 is 5.89. The fourth-order valence-electron chi connectivity index (χ4n) is 1.59. The first-order chi connectivity index (χ1) is 7.74. The smallest absolute Gasteiger partial charge is 0.158 e. The van der Waals surface area contributed by atoms with E-state index in [9.17, 15) is 0 Å². The maximum absolute atomic E-state index is 5.89. The lowest BCUT2D eigenvalue weighted by molar-refractivity contribution is 1.08. The number of aromatic amines is 2. The van der Waals surface area contributed by atoms with Gasteiger partial charge in [0.05, 0.1) is 22.9 Å². The highest BCUT2D eigenvalue weighted by Crippen LogP contribution is 2.24. The lowest BCUT2D eigenvalue weighted by Crippen LogP contribution is -1.87. The number of benzene rings is 1. The minimum absolute atomic E-state index is 0.560. The van der Waals surface area contributed by atoms with Gasteiger partial charge in [-0.1, -0.05) is 11.6 Å². The molecule has 0 atom stereocenters. The van der Waals surface area contributed by atoms with Crippen LogP contribution >= 0.6 is 11.6 Å². The summed E-state index contributed by atoms with van der Waals surface area (Å²) in [6, 6.07) is 5.47. The summed E-state index contributed by atoms with van der Waals surface area (Å²) < 4.78 is 0. The molecule has 3 aromatic rings. The van der Waals surface area contributed by atoms with Gasteiger partial charge in [-0.05, 0) is 18.2 Å². The van der Waals surface area contributed by atoms with Crippen LogP contribution < -0.4 is 5.73 Å². The van der Waals surface area contributed by atoms with E-state index in [4.69, 9.17) is 17.3 Å². The number of aromatic nitrogens is 4. The monoisotopic (exact) mass is 233 g/mol. The highest BCUT2D eigenvalue weighted by Gasteiger charge is 2.09. The average molecular weight is 234 g/mol. The topological polar surface area (TPSA) is 83.4 Å². The number of hydrogen-bond acceptors (Lipinski definition) is 3. The standard InChI is InChI=1S/C10H8ClN5/c11-5-1-2-7-8(3-5)15-10(14-7)9-6(12)4-13-16-9/h1-4H,12H2,(H,13,16)(H,14,15). The maximum Gasteiger partial charge on any atom is 0.158 e. The molecule has 4 N–H and O–H groups in total. The number of nitrogens with two attached hydrogens (primary N) is 1. The van der Waals surface area contributed by atoms with E-state index in [1.165, 1.54) is 0 Å². The lowest BCUT2D eigenvalue weighted by Gasteiger charge is -1.91. The summed E-state index contributed by atoms with van der Waals surface area (Å²) in [5, 5.41) is 7.31. The van der Waals surface area contributed by atoms with Crippen LogP contribution in [0, 0.1) is 0 Å². The van der Waals surface area contributed by atoms with Crippen LogP contribution in [0.4, 0.5) is 5.69 Å². The number of nitrogens with one attached hydrogen (secondary N) is 2. The normalized spacial score (nSPS) is 11.1. The zero-order valence-corrected chi connectivity index (χ0v) is 8.92. The lowest BCUT2D eigenvalue weighted by atomic mass is 10.3. The van der Waals surface area contributed by atoms with Crippen molar-refractivity contribution in [1.29, 1.82) is 0 Å². The molecule has 5 nitrogen and oxygen atoms in total. The van der Waals surface area contributed by atoms with Crippen LogP contribution in [-0.2, 0) is 0 Å². The fraction of sp³-hybridized carbons (Fsp3) is 0. The molecule has 0 aliphatic heterocycles. The van der Waals surface area contributed by atoms with Crippen molar-refractivity contribution in [3.63, 3.8) is 0 Å². The quantitative estimate of drug-likeness (QED) is 0.602. The molecule has 1 aromatic carbocycles. The number of hydrogen-bond donors (Lipinski definition) is 3. The summed E-state index contributed by atoms with van der Waals surface area (Å²) in [4.78, 5) is 7.52. The molecule has 2 aromatic heterocycles. The molecule has 6 heteroatoms. The van der Waals surface area contributed by atoms with Gasteiger partial charge in [0, 0.05) is 5.02 Å². The zero-order chi connectivity index (χ0) is 11.1. The van der Waals surface area contributed by atoms with Crippen LogP contribution in [0.1, 0.15) is 0 Å². The number of rotatable bonds is 1. The third kappa shape index (κ3) is 1.33. The summed E-state index contributed by atoms with van der Waals surface area (Å²) in [6.07, 6.45) is 1.55. The maximum atomic E-state index is 5.89.